The summed E-state index contributed by atoms with van der Waals surface area (Å²) in [6.45, 7) is 5.10. The standard InChI is InChI=1S/C24H26N2O6S2/c1-3-25-18(15-29-23(25)28)13-16-5-9-19(10-6-16)31-20-11-7-17(8-12-20)14-21-22(27)26(24(33)34-21)32-30-4-2/h5-12,18,21H,3-4,13-15H2,1-2H3. The number of likely N-dealkylation sites (N-methyl/N-ethyl adjacent to an activating group) is 1. The third-order valence-electron chi connectivity index (χ3n) is 5.52. The molecule has 2 amide bonds. The molecule has 0 radical (unpaired) electrons. The van der Waals surface area contributed by atoms with Crippen molar-refractivity contribution in [3.8, 4) is 11.5 Å². The van der Waals surface area contributed by atoms with Crippen LogP contribution in [-0.2, 0) is 32.2 Å². The molecule has 0 aromatic heterocycles. The smallest absolute Gasteiger partial charge is 0.410 e. The van der Waals surface area contributed by atoms with Crippen LogP contribution in [0.25, 0.3) is 0 Å². The first-order valence-corrected chi connectivity index (χ1v) is 12.4. The Bertz CT molecular complexity index is 1030. The highest BCUT2D eigenvalue weighted by Gasteiger charge is 2.39. The molecule has 2 aliphatic heterocycles. The van der Waals surface area contributed by atoms with Crippen LogP contribution in [0.4, 0.5) is 4.79 Å². The minimum atomic E-state index is -0.350. The third kappa shape index (κ3) is 5.69. The van der Waals surface area contributed by atoms with Gasteiger partial charge in [-0.25, -0.2) is 9.68 Å². The molecule has 2 aromatic rings. The molecule has 2 heterocycles. The summed E-state index contributed by atoms with van der Waals surface area (Å²) in [6.07, 6.45) is 1.01. The molecular weight excluding hydrogens is 476 g/mol. The molecule has 2 saturated heterocycles. The first-order valence-electron chi connectivity index (χ1n) is 11.1. The largest absolute Gasteiger partial charge is 0.457 e. The van der Waals surface area contributed by atoms with Gasteiger partial charge in [0.05, 0.1) is 17.9 Å². The average molecular weight is 503 g/mol. The van der Waals surface area contributed by atoms with Crippen molar-refractivity contribution in [2.45, 2.75) is 38.0 Å². The van der Waals surface area contributed by atoms with E-state index in [1.165, 1.54) is 11.8 Å². The SMILES string of the molecule is CCOON1C(=O)C(Cc2ccc(Oc3ccc(CC4COC(=O)N4CC)cc3)cc2)SC1=S. The normalized spacial score (nSPS) is 20.2. The molecule has 2 atom stereocenters. The number of benzene rings is 2. The number of amides is 2. The Balaban J connectivity index is 1.30. The van der Waals surface area contributed by atoms with Gasteiger partial charge in [-0.3, -0.25) is 4.79 Å². The first kappa shape index (κ1) is 24.5. The number of carbonyl (C=O) groups is 2. The highest BCUT2D eigenvalue weighted by molar-refractivity contribution is 8.24. The summed E-state index contributed by atoms with van der Waals surface area (Å²) in [7, 11) is 0. The van der Waals surface area contributed by atoms with E-state index >= 15 is 0 Å². The maximum atomic E-state index is 12.5. The highest BCUT2D eigenvalue weighted by Crippen LogP contribution is 2.31. The summed E-state index contributed by atoms with van der Waals surface area (Å²) in [5.41, 5.74) is 2.10. The Kier molecular flexibility index (Phi) is 8.04. The van der Waals surface area contributed by atoms with E-state index in [9.17, 15) is 9.59 Å². The van der Waals surface area contributed by atoms with Crippen LogP contribution >= 0.6 is 24.0 Å². The molecule has 8 nitrogen and oxygen atoms in total. The second kappa shape index (κ2) is 11.2. The van der Waals surface area contributed by atoms with Crippen LogP contribution in [-0.4, -0.2) is 57.3 Å². The molecule has 180 valence electrons. The molecule has 0 bridgehead atoms. The second-order valence-electron chi connectivity index (χ2n) is 7.80. The summed E-state index contributed by atoms with van der Waals surface area (Å²) < 4.78 is 11.5. The quantitative estimate of drug-likeness (QED) is 0.267. The maximum Gasteiger partial charge on any atom is 0.410 e. The van der Waals surface area contributed by atoms with Gasteiger partial charge in [-0.15, -0.1) is 10.1 Å². The molecule has 2 fully saturated rings. The number of thioether (sulfide) groups is 1. The van der Waals surface area contributed by atoms with Crippen molar-refractivity contribution in [2.75, 3.05) is 19.8 Å². The lowest BCUT2D eigenvalue weighted by molar-refractivity contribution is -0.382. The van der Waals surface area contributed by atoms with Crippen LogP contribution in [0.5, 0.6) is 11.5 Å². The summed E-state index contributed by atoms with van der Waals surface area (Å²) in [5, 5.41) is 0.684. The molecule has 4 rings (SSSR count). The zero-order valence-electron chi connectivity index (χ0n) is 19.0. The molecule has 2 unspecified atom stereocenters. The number of ether oxygens (including phenoxy) is 2. The highest BCUT2D eigenvalue weighted by atomic mass is 32.2. The van der Waals surface area contributed by atoms with Gasteiger partial charge in [0, 0.05) is 6.54 Å². The fraction of sp³-hybridized carbons (Fsp3) is 0.375. The first-order chi connectivity index (χ1) is 16.5. The summed E-state index contributed by atoms with van der Waals surface area (Å²) in [6, 6.07) is 15.5. The Labute approximate surface area is 208 Å². The van der Waals surface area contributed by atoms with E-state index < -0.39 is 0 Å². The zero-order chi connectivity index (χ0) is 24.1. The Morgan fingerprint density at radius 3 is 2.21 bits per heavy atom. The number of thiocarbonyl (C=S) groups is 1. The molecule has 2 aromatic carbocycles. The number of rotatable bonds is 10. The van der Waals surface area contributed by atoms with Crippen molar-refractivity contribution < 1.29 is 28.9 Å². The van der Waals surface area contributed by atoms with E-state index in [-0.39, 0.29) is 23.3 Å². The van der Waals surface area contributed by atoms with Crippen LogP contribution < -0.4 is 4.74 Å². The fourth-order valence-electron chi connectivity index (χ4n) is 3.80. The van der Waals surface area contributed by atoms with Gasteiger partial charge in [0.25, 0.3) is 5.91 Å². The summed E-state index contributed by atoms with van der Waals surface area (Å²) in [5.74, 6) is 1.20. The van der Waals surface area contributed by atoms with E-state index in [0.717, 1.165) is 28.4 Å². The van der Waals surface area contributed by atoms with Gasteiger partial charge in [0.1, 0.15) is 18.1 Å². The molecule has 0 saturated carbocycles. The van der Waals surface area contributed by atoms with Gasteiger partial charge in [0.2, 0.25) is 0 Å². The summed E-state index contributed by atoms with van der Waals surface area (Å²) >= 11 is 6.49. The van der Waals surface area contributed by atoms with Crippen molar-refractivity contribution in [3.63, 3.8) is 0 Å². The number of hydrogen-bond acceptors (Lipinski definition) is 8. The van der Waals surface area contributed by atoms with Crippen molar-refractivity contribution in [1.29, 1.82) is 0 Å². The number of carbonyl (C=O) groups excluding carboxylic acids is 2. The lowest BCUT2D eigenvalue weighted by Gasteiger charge is -2.19. The summed E-state index contributed by atoms with van der Waals surface area (Å²) in [4.78, 5) is 35.8. The Hall–Kier alpha value is -2.66. The molecule has 0 aliphatic carbocycles. The van der Waals surface area contributed by atoms with Gasteiger partial charge < -0.3 is 14.4 Å². The van der Waals surface area contributed by atoms with Crippen molar-refractivity contribution in [3.05, 3.63) is 59.7 Å². The number of nitrogens with zero attached hydrogens (tertiary/aromatic N) is 2. The average Bonchev–Trinajstić information content (AvgIpc) is 3.32. The van der Waals surface area contributed by atoms with Gasteiger partial charge >= 0.3 is 6.09 Å². The van der Waals surface area contributed by atoms with Crippen molar-refractivity contribution >= 4 is 40.3 Å². The van der Waals surface area contributed by atoms with Crippen LogP contribution in [0.1, 0.15) is 25.0 Å². The molecule has 34 heavy (non-hydrogen) atoms. The molecule has 0 spiro atoms. The van der Waals surface area contributed by atoms with Gasteiger partial charge in [-0.1, -0.05) is 36.0 Å². The van der Waals surface area contributed by atoms with Crippen LogP contribution in [0, 0.1) is 0 Å². The van der Waals surface area contributed by atoms with Crippen LogP contribution in [0.3, 0.4) is 0 Å². The zero-order valence-corrected chi connectivity index (χ0v) is 20.6. The van der Waals surface area contributed by atoms with Gasteiger partial charge in [-0.2, -0.15) is 0 Å². The minimum absolute atomic E-state index is 0.0638. The van der Waals surface area contributed by atoms with E-state index in [1.807, 2.05) is 55.5 Å². The predicted molar refractivity (Wildman–Crippen MR) is 131 cm³/mol. The predicted octanol–water partition coefficient (Wildman–Crippen LogP) is 4.52. The van der Waals surface area contributed by atoms with Crippen molar-refractivity contribution in [1.82, 2.24) is 9.96 Å². The third-order valence-corrected chi connectivity index (χ3v) is 6.99. The van der Waals surface area contributed by atoms with Crippen LogP contribution in [0.15, 0.2) is 48.5 Å². The molecule has 10 heteroatoms. The van der Waals surface area contributed by atoms with E-state index in [0.29, 0.717) is 36.2 Å². The number of cyclic esters (lactones) is 1. The minimum Gasteiger partial charge on any atom is -0.457 e. The monoisotopic (exact) mass is 502 g/mol. The fourth-order valence-corrected chi connectivity index (χ4v) is 5.20. The maximum absolute atomic E-state index is 12.5. The number of hydrogen-bond donors (Lipinski definition) is 0. The van der Waals surface area contributed by atoms with E-state index in [4.69, 9.17) is 31.6 Å². The van der Waals surface area contributed by atoms with E-state index in [1.54, 1.807) is 11.8 Å². The molecule has 0 N–H and O–H groups in total. The van der Waals surface area contributed by atoms with Gasteiger partial charge in [0.15, 0.2) is 4.32 Å². The topological polar surface area (TPSA) is 77.5 Å². The molecular formula is C24H26N2O6S2. The number of hydroxylamine groups is 2. The lowest BCUT2D eigenvalue weighted by Crippen LogP contribution is -2.34. The van der Waals surface area contributed by atoms with E-state index in [2.05, 4.69) is 0 Å². The molecule has 2 aliphatic rings. The van der Waals surface area contributed by atoms with Crippen molar-refractivity contribution in [2.24, 2.45) is 0 Å². The Morgan fingerprint density at radius 2 is 1.62 bits per heavy atom. The Morgan fingerprint density at radius 1 is 1.00 bits per heavy atom. The second-order valence-corrected chi connectivity index (χ2v) is 9.64. The van der Waals surface area contributed by atoms with Crippen LogP contribution in [0.2, 0.25) is 0 Å². The lowest BCUT2D eigenvalue weighted by atomic mass is 10.1. The van der Waals surface area contributed by atoms with Gasteiger partial charge in [-0.05, 0) is 74.3 Å².